The number of nitrogens with two attached hydrogens (primary N) is 1. The molecule has 0 unspecified atom stereocenters. The number of ether oxygens (including phenoxy) is 1. The first-order chi connectivity index (χ1) is 9.19. The molecule has 2 heterocycles. The van der Waals surface area contributed by atoms with E-state index in [9.17, 15) is 0 Å². The van der Waals surface area contributed by atoms with Crippen molar-refractivity contribution in [3.63, 3.8) is 0 Å². The molecule has 0 saturated carbocycles. The first-order valence-electron chi connectivity index (χ1n) is 5.95. The Bertz CT molecular complexity index is 748. The molecular weight excluding hydrogens is 240 g/mol. The third-order valence-corrected chi connectivity index (χ3v) is 3.11. The van der Waals surface area contributed by atoms with Crippen LogP contribution in [0, 0.1) is 6.92 Å². The second-order valence-corrected chi connectivity index (χ2v) is 4.31. The van der Waals surface area contributed by atoms with Crippen LogP contribution in [-0.2, 0) is 0 Å². The standard InChI is InChI=1S/C14H14N4O/c1-9-12(15)6-7-13-16-14(17-18(9)13)10-4-3-5-11(8-10)19-2/h3-8H,15H2,1-2H3. The summed E-state index contributed by atoms with van der Waals surface area (Å²) in [6.07, 6.45) is 0. The SMILES string of the molecule is COc1cccc(-c2nc3ccc(N)c(C)n3n2)c1. The second kappa shape index (κ2) is 4.28. The molecule has 3 rings (SSSR count). The number of methoxy groups -OCH3 is 1. The molecule has 0 radical (unpaired) electrons. The summed E-state index contributed by atoms with van der Waals surface area (Å²) in [4.78, 5) is 4.50. The fourth-order valence-electron chi connectivity index (χ4n) is 1.97. The van der Waals surface area contributed by atoms with Gasteiger partial charge in [-0.25, -0.2) is 9.50 Å². The molecule has 2 N–H and O–H groups in total. The van der Waals surface area contributed by atoms with Gasteiger partial charge in [-0.3, -0.25) is 0 Å². The Balaban J connectivity index is 2.17. The van der Waals surface area contributed by atoms with Crippen LogP contribution in [0.4, 0.5) is 5.69 Å². The molecule has 0 bridgehead atoms. The van der Waals surface area contributed by atoms with Gasteiger partial charge in [0, 0.05) is 5.56 Å². The molecule has 2 aromatic heterocycles. The summed E-state index contributed by atoms with van der Waals surface area (Å²) < 4.78 is 6.97. The third kappa shape index (κ3) is 1.89. The molecule has 0 atom stereocenters. The maximum Gasteiger partial charge on any atom is 0.182 e. The van der Waals surface area contributed by atoms with Gasteiger partial charge in [-0.15, -0.1) is 5.10 Å². The van der Waals surface area contributed by atoms with Gasteiger partial charge in [-0.05, 0) is 31.2 Å². The van der Waals surface area contributed by atoms with E-state index in [1.165, 1.54) is 0 Å². The molecule has 0 aliphatic rings. The minimum Gasteiger partial charge on any atom is -0.497 e. The number of hydrogen-bond acceptors (Lipinski definition) is 4. The van der Waals surface area contributed by atoms with Gasteiger partial charge in [0.15, 0.2) is 11.5 Å². The first kappa shape index (κ1) is 11.5. The number of rotatable bonds is 2. The van der Waals surface area contributed by atoms with Crippen molar-refractivity contribution in [3.8, 4) is 17.1 Å². The lowest BCUT2D eigenvalue weighted by atomic mass is 10.2. The van der Waals surface area contributed by atoms with E-state index in [4.69, 9.17) is 10.5 Å². The largest absolute Gasteiger partial charge is 0.497 e. The topological polar surface area (TPSA) is 65.4 Å². The molecule has 0 fully saturated rings. The van der Waals surface area contributed by atoms with Crippen LogP contribution in [-0.4, -0.2) is 21.7 Å². The van der Waals surface area contributed by atoms with Gasteiger partial charge in [-0.2, -0.15) is 0 Å². The molecule has 3 aromatic rings. The van der Waals surface area contributed by atoms with Crippen LogP contribution in [0.1, 0.15) is 5.69 Å². The van der Waals surface area contributed by atoms with E-state index in [1.54, 1.807) is 11.6 Å². The normalized spacial score (nSPS) is 10.8. The summed E-state index contributed by atoms with van der Waals surface area (Å²) >= 11 is 0. The quantitative estimate of drug-likeness (QED) is 0.762. The van der Waals surface area contributed by atoms with E-state index >= 15 is 0 Å². The van der Waals surface area contributed by atoms with Crippen molar-refractivity contribution in [2.24, 2.45) is 0 Å². The smallest absolute Gasteiger partial charge is 0.182 e. The van der Waals surface area contributed by atoms with Gasteiger partial charge in [-0.1, -0.05) is 12.1 Å². The van der Waals surface area contributed by atoms with E-state index in [0.29, 0.717) is 11.5 Å². The van der Waals surface area contributed by atoms with Crippen molar-refractivity contribution in [3.05, 3.63) is 42.1 Å². The fraction of sp³-hybridized carbons (Fsp3) is 0.143. The number of pyridine rings is 1. The van der Waals surface area contributed by atoms with E-state index in [0.717, 1.165) is 22.7 Å². The minimum absolute atomic E-state index is 0.660. The molecular formula is C14H14N4O. The van der Waals surface area contributed by atoms with E-state index in [2.05, 4.69) is 10.1 Å². The molecule has 0 aliphatic carbocycles. The number of nitrogens with zero attached hydrogens (tertiary/aromatic N) is 3. The Kier molecular flexibility index (Phi) is 2.59. The number of aryl methyl sites for hydroxylation is 1. The van der Waals surface area contributed by atoms with Crippen LogP contribution in [0.2, 0.25) is 0 Å². The third-order valence-electron chi connectivity index (χ3n) is 3.11. The van der Waals surface area contributed by atoms with Gasteiger partial charge in [0.05, 0.1) is 18.5 Å². The van der Waals surface area contributed by atoms with Crippen molar-refractivity contribution in [1.82, 2.24) is 14.6 Å². The average Bonchev–Trinajstić information content (AvgIpc) is 2.88. The Morgan fingerprint density at radius 3 is 2.84 bits per heavy atom. The molecule has 0 saturated heterocycles. The van der Waals surface area contributed by atoms with Crippen molar-refractivity contribution in [2.45, 2.75) is 6.92 Å². The van der Waals surface area contributed by atoms with Crippen molar-refractivity contribution in [1.29, 1.82) is 0 Å². The lowest BCUT2D eigenvalue weighted by Gasteiger charge is -2.01. The zero-order valence-corrected chi connectivity index (χ0v) is 10.8. The van der Waals surface area contributed by atoms with E-state index in [-0.39, 0.29) is 0 Å². The minimum atomic E-state index is 0.660. The van der Waals surface area contributed by atoms with Gasteiger partial charge < -0.3 is 10.5 Å². The Labute approximate surface area is 110 Å². The molecule has 5 heteroatoms. The maximum absolute atomic E-state index is 5.87. The van der Waals surface area contributed by atoms with Crippen LogP contribution >= 0.6 is 0 Å². The van der Waals surface area contributed by atoms with Gasteiger partial charge in [0.1, 0.15) is 5.75 Å². The summed E-state index contributed by atoms with van der Waals surface area (Å²) in [5.74, 6) is 1.44. The fourth-order valence-corrected chi connectivity index (χ4v) is 1.97. The molecule has 0 amide bonds. The molecule has 0 aliphatic heterocycles. The molecule has 96 valence electrons. The van der Waals surface area contributed by atoms with Gasteiger partial charge in [0.2, 0.25) is 0 Å². The van der Waals surface area contributed by atoms with Crippen LogP contribution < -0.4 is 10.5 Å². The summed E-state index contributed by atoms with van der Waals surface area (Å²) in [6, 6.07) is 11.4. The van der Waals surface area contributed by atoms with E-state index < -0.39 is 0 Å². The number of aromatic nitrogens is 3. The lowest BCUT2D eigenvalue weighted by molar-refractivity contribution is 0.415. The van der Waals surface area contributed by atoms with Crippen LogP contribution in [0.25, 0.3) is 17.0 Å². The number of fused-ring (bicyclic) bond motifs is 1. The first-order valence-corrected chi connectivity index (χ1v) is 5.95. The number of anilines is 1. The lowest BCUT2D eigenvalue weighted by Crippen LogP contribution is -1.98. The maximum atomic E-state index is 5.87. The van der Waals surface area contributed by atoms with Crippen LogP contribution in [0.5, 0.6) is 5.75 Å². The highest BCUT2D eigenvalue weighted by Crippen LogP contribution is 2.22. The molecule has 19 heavy (non-hydrogen) atoms. The Morgan fingerprint density at radius 2 is 2.05 bits per heavy atom. The summed E-state index contributed by atoms with van der Waals surface area (Å²) in [5.41, 5.74) is 9.16. The molecule has 1 aromatic carbocycles. The van der Waals surface area contributed by atoms with Crippen molar-refractivity contribution < 1.29 is 4.74 Å². The highest BCUT2D eigenvalue weighted by atomic mass is 16.5. The van der Waals surface area contributed by atoms with Gasteiger partial charge in [0.25, 0.3) is 0 Å². The summed E-state index contributed by atoms with van der Waals surface area (Å²) in [5, 5.41) is 4.49. The van der Waals surface area contributed by atoms with E-state index in [1.807, 2.05) is 43.3 Å². The number of nitrogen functional groups attached to an aromatic ring is 1. The van der Waals surface area contributed by atoms with Crippen molar-refractivity contribution >= 4 is 11.3 Å². The predicted octanol–water partition coefficient (Wildman–Crippen LogP) is 2.30. The van der Waals surface area contributed by atoms with Crippen molar-refractivity contribution in [2.75, 3.05) is 12.8 Å². The Morgan fingerprint density at radius 1 is 1.21 bits per heavy atom. The second-order valence-electron chi connectivity index (χ2n) is 4.31. The summed E-state index contributed by atoms with van der Waals surface area (Å²) in [6.45, 7) is 1.92. The van der Waals surface area contributed by atoms with Crippen LogP contribution in [0.15, 0.2) is 36.4 Å². The number of benzene rings is 1. The highest BCUT2D eigenvalue weighted by molar-refractivity contribution is 5.61. The zero-order chi connectivity index (χ0) is 13.4. The Hall–Kier alpha value is -2.56. The number of hydrogen-bond donors (Lipinski definition) is 1. The molecule has 0 spiro atoms. The predicted molar refractivity (Wildman–Crippen MR) is 74.1 cm³/mol. The highest BCUT2D eigenvalue weighted by Gasteiger charge is 2.09. The van der Waals surface area contributed by atoms with Gasteiger partial charge >= 0.3 is 0 Å². The zero-order valence-electron chi connectivity index (χ0n) is 10.8. The molecule has 5 nitrogen and oxygen atoms in total. The van der Waals surface area contributed by atoms with Crippen LogP contribution in [0.3, 0.4) is 0 Å². The monoisotopic (exact) mass is 254 g/mol. The summed E-state index contributed by atoms with van der Waals surface area (Å²) in [7, 11) is 1.64. The average molecular weight is 254 g/mol.